The first-order valence-corrected chi connectivity index (χ1v) is 4.73. The van der Waals surface area contributed by atoms with Crippen LogP contribution in [0, 0.1) is 0 Å². The summed E-state index contributed by atoms with van der Waals surface area (Å²) in [5.74, 6) is 0. The molecule has 66 valence electrons. The maximum Gasteiger partial charge on any atom is 0.0443 e. The lowest BCUT2D eigenvalue weighted by Crippen LogP contribution is -2.30. The lowest BCUT2D eigenvalue weighted by molar-refractivity contribution is 0.209. The molecule has 1 aliphatic rings. The zero-order valence-corrected chi connectivity index (χ0v) is 7.42. The largest absolute Gasteiger partial charge is 0.396 e. The third-order valence-electron chi connectivity index (χ3n) is 2.57. The van der Waals surface area contributed by atoms with Gasteiger partial charge in [0.1, 0.15) is 0 Å². The van der Waals surface area contributed by atoms with Gasteiger partial charge in [0.05, 0.1) is 0 Å². The molecule has 1 N–H and O–H groups in total. The van der Waals surface area contributed by atoms with E-state index in [1.807, 2.05) is 0 Å². The van der Waals surface area contributed by atoms with Gasteiger partial charge in [-0.1, -0.05) is 6.92 Å². The average molecular weight is 157 g/mol. The van der Waals surface area contributed by atoms with E-state index in [0.717, 1.165) is 19.0 Å². The molecule has 1 heterocycles. The van der Waals surface area contributed by atoms with Crippen molar-refractivity contribution in [2.24, 2.45) is 0 Å². The third-order valence-corrected chi connectivity index (χ3v) is 2.57. The van der Waals surface area contributed by atoms with Crippen LogP contribution in [0.1, 0.15) is 32.6 Å². The molecule has 0 amide bonds. The topological polar surface area (TPSA) is 23.5 Å². The molecule has 0 bridgehead atoms. The van der Waals surface area contributed by atoms with E-state index in [-0.39, 0.29) is 0 Å². The van der Waals surface area contributed by atoms with Gasteiger partial charge < -0.3 is 10.0 Å². The highest BCUT2D eigenvalue weighted by atomic mass is 16.3. The number of aliphatic hydroxyl groups excluding tert-OH is 1. The van der Waals surface area contributed by atoms with Gasteiger partial charge in [0.25, 0.3) is 0 Å². The van der Waals surface area contributed by atoms with Crippen LogP contribution >= 0.6 is 0 Å². The van der Waals surface area contributed by atoms with Gasteiger partial charge in [-0.2, -0.15) is 0 Å². The molecule has 2 nitrogen and oxygen atoms in total. The zero-order chi connectivity index (χ0) is 8.10. The number of aliphatic hydroxyl groups is 1. The predicted octanol–water partition coefficient (Wildman–Crippen LogP) is 1.24. The van der Waals surface area contributed by atoms with Crippen molar-refractivity contribution in [3.8, 4) is 0 Å². The van der Waals surface area contributed by atoms with E-state index < -0.39 is 0 Å². The number of hydrogen-bond donors (Lipinski definition) is 1. The van der Waals surface area contributed by atoms with E-state index in [2.05, 4.69) is 11.8 Å². The molecule has 0 radical (unpaired) electrons. The summed E-state index contributed by atoms with van der Waals surface area (Å²) < 4.78 is 0. The third kappa shape index (κ3) is 2.46. The van der Waals surface area contributed by atoms with Crippen molar-refractivity contribution in [2.45, 2.75) is 38.6 Å². The first-order valence-electron chi connectivity index (χ1n) is 4.73. The summed E-state index contributed by atoms with van der Waals surface area (Å²) in [5, 5.41) is 8.66. The maximum atomic E-state index is 8.66. The highest BCUT2D eigenvalue weighted by molar-refractivity contribution is 4.77. The van der Waals surface area contributed by atoms with Crippen molar-refractivity contribution in [3.63, 3.8) is 0 Å². The summed E-state index contributed by atoms with van der Waals surface area (Å²) in [6, 6.07) is 0.807. The lowest BCUT2D eigenvalue weighted by atomic mass is 10.2. The van der Waals surface area contributed by atoms with Crippen LogP contribution in [0.15, 0.2) is 0 Å². The number of likely N-dealkylation sites (tertiary alicyclic amines) is 1. The Hall–Kier alpha value is -0.0800. The van der Waals surface area contributed by atoms with Crippen LogP contribution in [0.3, 0.4) is 0 Å². The maximum absolute atomic E-state index is 8.66. The molecule has 2 heteroatoms. The van der Waals surface area contributed by atoms with Crippen LogP contribution in [0.5, 0.6) is 0 Å². The monoisotopic (exact) mass is 157 g/mol. The van der Waals surface area contributed by atoms with Gasteiger partial charge in [0, 0.05) is 19.2 Å². The minimum Gasteiger partial charge on any atom is -0.396 e. The SMILES string of the molecule is CCC1CCCN1CCCO. The van der Waals surface area contributed by atoms with Crippen LogP contribution in [0.2, 0.25) is 0 Å². The lowest BCUT2D eigenvalue weighted by Gasteiger charge is -2.22. The Labute approximate surface area is 69.2 Å². The summed E-state index contributed by atoms with van der Waals surface area (Å²) in [7, 11) is 0. The second kappa shape index (κ2) is 4.73. The zero-order valence-electron chi connectivity index (χ0n) is 7.42. The number of hydrogen-bond acceptors (Lipinski definition) is 2. The summed E-state index contributed by atoms with van der Waals surface area (Å²) in [4.78, 5) is 2.51. The average Bonchev–Trinajstić information content (AvgIpc) is 2.47. The molecule has 11 heavy (non-hydrogen) atoms. The van der Waals surface area contributed by atoms with Gasteiger partial charge in [-0.05, 0) is 32.2 Å². The Morgan fingerprint density at radius 3 is 3.00 bits per heavy atom. The van der Waals surface area contributed by atoms with E-state index in [4.69, 9.17) is 5.11 Å². The van der Waals surface area contributed by atoms with Crippen molar-refractivity contribution >= 4 is 0 Å². The van der Waals surface area contributed by atoms with Crippen LogP contribution in [0.4, 0.5) is 0 Å². The molecule has 0 aromatic heterocycles. The minimum atomic E-state index is 0.340. The van der Waals surface area contributed by atoms with Crippen molar-refractivity contribution in [1.29, 1.82) is 0 Å². The predicted molar refractivity (Wildman–Crippen MR) is 46.6 cm³/mol. The van der Waals surface area contributed by atoms with E-state index in [0.29, 0.717) is 6.61 Å². The standard InChI is InChI=1S/C9H19NO/c1-2-9-5-3-6-10(9)7-4-8-11/h9,11H,2-8H2,1H3. The molecule has 1 rings (SSSR count). The van der Waals surface area contributed by atoms with Crippen LogP contribution in [-0.2, 0) is 0 Å². The number of nitrogens with zero attached hydrogens (tertiary/aromatic N) is 1. The second-order valence-corrected chi connectivity index (χ2v) is 3.32. The Kier molecular flexibility index (Phi) is 3.87. The smallest absolute Gasteiger partial charge is 0.0443 e. The molecule has 1 fully saturated rings. The molecule has 0 spiro atoms. The van der Waals surface area contributed by atoms with Crippen molar-refractivity contribution in [3.05, 3.63) is 0 Å². The van der Waals surface area contributed by atoms with Gasteiger partial charge in [-0.25, -0.2) is 0 Å². The number of rotatable bonds is 4. The fraction of sp³-hybridized carbons (Fsp3) is 1.00. The van der Waals surface area contributed by atoms with E-state index in [1.54, 1.807) is 0 Å². The highest BCUT2D eigenvalue weighted by Gasteiger charge is 2.21. The van der Waals surface area contributed by atoms with E-state index in [1.165, 1.54) is 25.8 Å². The molecule has 1 saturated heterocycles. The normalized spacial score (nSPS) is 26.2. The van der Waals surface area contributed by atoms with Gasteiger partial charge >= 0.3 is 0 Å². The molecule has 0 aromatic carbocycles. The van der Waals surface area contributed by atoms with Crippen molar-refractivity contribution < 1.29 is 5.11 Å². The fourth-order valence-corrected chi connectivity index (χ4v) is 1.93. The van der Waals surface area contributed by atoms with E-state index in [9.17, 15) is 0 Å². The Bertz CT molecular complexity index is 106. The Balaban J connectivity index is 2.20. The molecular formula is C9H19NO. The van der Waals surface area contributed by atoms with Crippen LogP contribution < -0.4 is 0 Å². The van der Waals surface area contributed by atoms with Gasteiger partial charge in [-0.3, -0.25) is 0 Å². The molecule has 0 aliphatic carbocycles. The van der Waals surface area contributed by atoms with Gasteiger partial charge in [0.15, 0.2) is 0 Å². The van der Waals surface area contributed by atoms with Crippen molar-refractivity contribution in [2.75, 3.05) is 19.7 Å². The van der Waals surface area contributed by atoms with Crippen LogP contribution in [-0.4, -0.2) is 35.7 Å². The molecule has 1 aliphatic heterocycles. The second-order valence-electron chi connectivity index (χ2n) is 3.32. The Morgan fingerprint density at radius 1 is 1.55 bits per heavy atom. The highest BCUT2D eigenvalue weighted by Crippen LogP contribution is 2.19. The fourth-order valence-electron chi connectivity index (χ4n) is 1.93. The van der Waals surface area contributed by atoms with E-state index >= 15 is 0 Å². The summed E-state index contributed by atoms with van der Waals surface area (Å²) >= 11 is 0. The minimum absolute atomic E-state index is 0.340. The molecular weight excluding hydrogens is 138 g/mol. The first kappa shape index (κ1) is 9.01. The van der Waals surface area contributed by atoms with Gasteiger partial charge in [0.2, 0.25) is 0 Å². The molecule has 1 unspecified atom stereocenters. The van der Waals surface area contributed by atoms with Gasteiger partial charge in [-0.15, -0.1) is 0 Å². The van der Waals surface area contributed by atoms with Crippen molar-refractivity contribution in [1.82, 2.24) is 4.90 Å². The quantitative estimate of drug-likeness (QED) is 0.663. The summed E-state index contributed by atoms with van der Waals surface area (Å²) in [5.41, 5.74) is 0. The Morgan fingerprint density at radius 2 is 2.36 bits per heavy atom. The first-order chi connectivity index (χ1) is 5.38. The van der Waals surface area contributed by atoms with Crippen LogP contribution in [0.25, 0.3) is 0 Å². The molecule has 0 aromatic rings. The molecule has 0 saturated carbocycles. The summed E-state index contributed by atoms with van der Waals surface area (Å²) in [6.07, 6.45) is 4.92. The molecule has 1 atom stereocenters. The summed E-state index contributed by atoms with van der Waals surface area (Å²) in [6.45, 7) is 4.93.